The lowest BCUT2D eigenvalue weighted by Crippen LogP contribution is -2.44. The van der Waals surface area contributed by atoms with Gasteiger partial charge in [0.1, 0.15) is 0 Å². The minimum Gasteiger partial charge on any atom is -0.334 e. The first-order valence-corrected chi connectivity index (χ1v) is 8.43. The number of alkyl halides is 3. The first-order chi connectivity index (χ1) is 10.2. The number of benzene rings is 1. The molecule has 2 amide bonds. The van der Waals surface area contributed by atoms with E-state index in [1.165, 1.54) is 0 Å². The van der Waals surface area contributed by atoms with Crippen LogP contribution in [-0.4, -0.2) is 32.0 Å². The molecule has 5 nitrogen and oxygen atoms in total. The minimum absolute atomic E-state index is 0.117. The zero-order valence-electron chi connectivity index (χ0n) is 11.5. The third kappa shape index (κ3) is 4.62. The molecule has 0 aliphatic carbocycles. The molecule has 1 aromatic carbocycles. The van der Waals surface area contributed by atoms with E-state index in [0.29, 0.717) is 12.8 Å². The van der Waals surface area contributed by atoms with Gasteiger partial charge < -0.3 is 10.6 Å². The van der Waals surface area contributed by atoms with Crippen molar-refractivity contribution in [3.8, 4) is 0 Å². The Kier molecular flexibility index (Phi) is 4.64. The molecule has 122 valence electrons. The van der Waals surface area contributed by atoms with Crippen molar-refractivity contribution in [1.82, 2.24) is 5.32 Å². The second-order valence-electron chi connectivity index (χ2n) is 5.13. The lowest BCUT2D eigenvalue weighted by Gasteiger charge is -2.23. The SMILES string of the molecule is O=C(Nc1ccc(C(F)(F)F)cc1)NC1CCCS(=O)(=O)C1. The summed E-state index contributed by atoms with van der Waals surface area (Å²) in [4.78, 5) is 11.7. The number of anilines is 1. The highest BCUT2D eigenvalue weighted by Gasteiger charge is 2.30. The van der Waals surface area contributed by atoms with Gasteiger partial charge in [-0.1, -0.05) is 0 Å². The molecule has 0 radical (unpaired) electrons. The summed E-state index contributed by atoms with van der Waals surface area (Å²) in [6, 6.07) is 2.89. The van der Waals surface area contributed by atoms with Gasteiger partial charge in [-0.3, -0.25) is 0 Å². The molecule has 1 saturated heterocycles. The van der Waals surface area contributed by atoms with Gasteiger partial charge in [0, 0.05) is 11.7 Å². The highest BCUT2D eigenvalue weighted by Crippen LogP contribution is 2.29. The van der Waals surface area contributed by atoms with Crippen molar-refractivity contribution >= 4 is 21.6 Å². The molecule has 1 atom stereocenters. The normalized spacial score (nSPS) is 21.1. The molecular weight excluding hydrogens is 321 g/mol. The van der Waals surface area contributed by atoms with Gasteiger partial charge in [0.05, 0.1) is 17.1 Å². The van der Waals surface area contributed by atoms with E-state index in [2.05, 4.69) is 10.6 Å². The van der Waals surface area contributed by atoms with Gasteiger partial charge in [-0.2, -0.15) is 13.2 Å². The van der Waals surface area contributed by atoms with Crippen LogP contribution in [0, 0.1) is 0 Å². The van der Waals surface area contributed by atoms with Crippen LogP contribution in [0.4, 0.5) is 23.7 Å². The standard InChI is InChI=1S/C13H15F3N2O3S/c14-13(15,16)9-3-5-10(6-4-9)17-12(19)18-11-2-1-7-22(20,21)8-11/h3-6,11H,1-2,7-8H2,(H2,17,18,19). The average molecular weight is 336 g/mol. The molecule has 1 aliphatic heterocycles. The van der Waals surface area contributed by atoms with Crippen LogP contribution in [0.25, 0.3) is 0 Å². The van der Waals surface area contributed by atoms with Gasteiger partial charge in [0.25, 0.3) is 0 Å². The number of nitrogens with one attached hydrogen (secondary N) is 2. The smallest absolute Gasteiger partial charge is 0.334 e. The monoisotopic (exact) mass is 336 g/mol. The summed E-state index contributed by atoms with van der Waals surface area (Å²) in [5.41, 5.74) is -0.610. The number of carbonyl (C=O) groups excluding carboxylic acids is 1. The fraction of sp³-hybridized carbons (Fsp3) is 0.462. The predicted molar refractivity (Wildman–Crippen MR) is 75.3 cm³/mol. The molecule has 2 N–H and O–H groups in total. The van der Waals surface area contributed by atoms with Crippen molar-refractivity contribution in [2.24, 2.45) is 0 Å². The molecule has 0 saturated carbocycles. The van der Waals surface area contributed by atoms with E-state index >= 15 is 0 Å². The summed E-state index contributed by atoms with van der Waals surface area (Å²) in [6.45, 7) is 0. The summed E-state index contributed by atoms with van der Waals surface area (Å²) in [5.74, 6) is -0.000858. The Morgan fingerprint density at radius 2 is 1.82 bits per heavy atom. The van der Waals surface area contributed by atoms with Crippen LogP contribution in [0.5, 0.6) is 0 Å². The van der Waals surface area contributed by atoms with Crippen molar-refractivity contribution in [3.63, 3.8) is 0 Å². The zero-order chi connectivity index (χ0) is 16.4. The number of rotatable bonds is 2. The van der Waals surface area contributed by atoms with Crippen LogP contribution in [-0.2, 0) is 16.0 Å². The van der Waals surface area contributed by atoms with E-state index in [1.807, 2.05) is 0 Å². The number of hydrogen-bond donors (Lipinski definition) is 2. The summed E-state index contributed by atoms with van der Waals surface area (Å²) >= 11 is 0. The Balaban J connectivity index is 1.92. The largest absolute Gasteiger partial charge is 0.416 e. The molecule has 1 aliphatic rings. The second-order valence-corrected chi connectivity index (χ2v) is 7.36. The van der Waals surface area contributed by atoms with Crippen LogP contribution in [0.15, 0.2) is 24.3 Å². The number of amides is 2. The number of sulfone groups is 1. The van der Waals surface area contributed by atoms with E-state index < -0.39 is 33.6 Å². The Labute approximate surface area is 125 Å². The van der Waals surface area contributed by atoms with E-state index in [-0.39, 0.29) is 17.2 Å². The Morgan fingerprint density at radius 1 is 1.18 bits per heavy atom. The van der Waals surface area contributed by atoms with Crippen LogP contribution in [0.3, 0.4) is 0 Å². The van der Waals surface area contributed by atoms with E-state index in [4.69, 9.17) is 0 Å². The lowest BCUT2D eigenvalue weighted by atomic mass is 10.2. The molecule has 2 rings (SSSR count). The van der Waals surface area contributed by atoms with E-state index in [1.54, 1.807) is 0 Å². The maximum atomic E-state index is 12.4. The molecule has 9 heteroatoms. The molecule has 1 heterocycles. The van der Waals surface area contributed by atoms with Crippen molar-refractivity contribution in [2.45, 2.75) is 25.1 Å². The lowest BCUT2D eigenvalue weighted by molar-refractivity contribution is -0.137. The molecule has 0 aromatic heterocycles. The third-order valence-electron chi connectivity index (χ3n) is 3.27. The quantitative estimate of drug-likeness (QED) is 0.871. The number of urea groups is 1. The number of halogens is 3. The van der Waals surface area contributed by atoms with Crippen LogP contribution < -0.4 is 10.6 Å². The Hall–Kier alpha value is -1.77. The topological polar surface area (TPSA) is 75.3 Å². The van der Waals surface area contributed by atoms with Crippen LogP contribution in [0.2, 0.25) is 0 Å². The predicted octanol–water partition coefficient (Wildman–Crippen LogP) is 2.40. The van der Waals surface area contributed by atoms with Crippen LogP contribution >= 0.6 is 0 Å². The maximum absolute atomic E-state index is 12.4. The zero-order valence-corrected chi connectivity index (χ0v) is 12.3. The Bertz CT molecular complexity index is 641. The van der Waals surface area contributed by atoms with Gasteiger partial charge in [0.2, 0.25) is 0 Å². The van der Waals surface area contributed by atoms with Gasteiger partial charge in [-0.05, 0) is 37.1 Å². The third-order valence-corrected chi connectivity index (χ3v) is 5.09. The average Bonchev–Trinajstić information content (AvgIpc) is 2.36. The summed E-state index contributed by atoms with van der Waals surface area (Å²) in [5, 5.41) is 4.90. The highest BCUT2D eigenvalue weighted by atomic mass is 32.2. The van der Waals surface area contributed by atoms with Crippen molar-refractivity contribution in [2.75, 3.05) is 16.8 Å². The van der Waals surface area contributed by atoms with Gasteiger partial charge >= 0.3 is 12.2 Å². The molecule has 1 fully saturated rings. The van der Waals surface area contributed by atoms with Gasteiger partial charge in [-0.25, -0.2) is 13.2 Å². The summed E-state index contributed by atoms with van der Waals surface area (Å²) in [7, 11) is -3.14. The minimum atomic E-state index is -4.43. The van der Waals surface area contributed by atoms with Crippen molar-refractivity contribution in [1.29, 1.82) is 0 Å². The first-order valence-electron chi connectivity index (χ1n) is 6.61. The van der Waals surface area contributed by atoms with Crippen molar-refractivity contribution < 1.29 is 26.4 Å². The van der Waals surface area contributed by atoms with E-state index in [0.717, 1.165) is 24.3 Å². The first kappa shape index (κ1) is 16.6. The molecule has 1 aromatic rings. The Morgan fingerprint density at radius 3 is 2.36 bits per heavy atom. The molecule has 1 unspecified atom stereocenters. The second kappa shape index (κ2) is 6.15. The van der Waals surface area contributed by atoms with Crippen LogP contribution in [0.1, 0.15) is 18.4 Å². The highest BCUT2D eigenvalue weighted by molar-refractivity contribution is 7.91. The molecular formula is C13H15F3N2O3S. The van der Waals surface area contributed by atoms with Gasteiger partial charge in [-0.15, -0.1) is 0 Å². The number of hydrogen-bond acceptors (Lipinski definition) is 3. The van der Waals surface area contributed by atoms with Crippen molar-refractivity contribution in [3.05, 3.63) is 29.8 Å². The molecule has 0 spiro atoms. The fourth-order valence-electron chi connectivity index (χ4n) is 2.23. The fourth-order valence-corrected chi connectivity index (χ4v) is 3.87. The number of carbonyl (C=O) groups is 1. The van der Waals surface area contributed by atoms with Gasteiger partial charge in [0.15, 0.2) is 9.84 Å². The molecule has 22 heavy (non-hydrogen) atoms. The summed E-state index contributed by atoms with van der Waals surface area (Å²) < 4.78 is 60.1. The molecule has 0 bridgehead atoms. The maximum Gasteiger partial charge on any atom is 0.416 e. The van der Waals surface area contributed by atoms with E-state index in [9.17, 15) is 26.4 Å². The summed E-state index contributed by atoms with van der Waals surface area (Å²) in [6.07, 6.45) is -3.40.